The largest absolute Gasteiger partial charge is 0.317 e. The molecule has 5 rings (SSSR count). The molecular weight excluding hydrogens is 406 g/mol. The zero-order valence-electron chi connectivity index (χ0n) is 17.5. The predicted octanol–water partition coefficient (Wildman–Crippen LogP) is 4.21. The minimum absolute atomic E-state index is 0.0744. The number of aromatic nitrogens is 1. The molecule has 1 amide bonds. The number of carbonyl (C=O) groups excluding carboxylic acids is 1. The molecule has 0 aliphatic carbocycles. The second-order valence-electron chi connectivity index (χ2n) is 8.67. The van der Waals surface area contributed by atoms with Gasteiger partial charge in [-0.15, -0.1) is 11.3 Å². The maximum atomic E-state index is 13.1. The highest BCUT2D eigenvalue weighted by Crippen LogP contribution is 2.35. The van der Waals surface area contributed by atoms with Gasteiger partial charge in [0.2, 0.25) is 0 Å². The lowest BCUT2D eigenvalue weighted by molar-refractivity contribution is 0.103. The van der Waals surface area contributed by atoms with Gasteiger partial charge >= 0.3 is 0 Å². The van der Waals surface area contributed by atoms with Crippen molar-refractivity contribution in [2.75, 3.05) is 25.0 Å². The van der Waals surface area contributed by atoms with E-state index in [9.17, 15) is 9.59 Å². The van der Waals surface area contributed by atoms with Crippen molar-refractivity contribution in [3.8, 4) is 0 Å². The molecule has 1 N–H and O–H groups in total. The average Bonchev–Trinajstić information content (AvgIpc) is 3.32. The SMILES string of the molecule is O=C(Nc1ccc2n(c1=O)C[C@@H]1C[C@@H]2CN(CCCc2ccccc2)C1)c1cccs1. The van der Waals surface area contributed by atoms with Crippen LogP contribution in [0.5, 0.6) is 0 Å². The van der Waals surface area contributed by atoms with Crippen molar-refractivity contribution in [1.29, 1.82) is 0 Å². The molecule has 1 fully saturated rings. The first-order valence-electron chi connectivity index (χ1n) is 11.0. The number of hydrogen-bond acceptors (Lipinski definition) is 4. The number of piperidine rings is 1. The smallest absolute Gasteiger partial charge is 0.274 e. The van der Waals surface area contributed by atoms with Crippen LogP contribution in [0.1, 0.15) is 39.7 Å². The quantitative estimate of drug-likeness (QED) is 0.633. The minimum atomic E-state index is -0.215. The van der Waals surface area contributed by atoms with Crippen LogP contribution in [-0.4, -0.2) is 35.0 Å². The second-order valence-corrected chi connectivity index (χ2v) is 9.61. The van der Waals surface area contributed by atoms with Crippen LogP contribution < -0.4 is 10.9 Å². The van der Waals surface area contributed by atoms with E-state index in [1.165, 1.54) is 16.9 Å². The van der Waals surface area contributed by atoms with Crippen LogP contribution in [0.15, 0.2) is 64.8 Å². The number of pyridine rings is 1. The Bertz CT molecular complexity index is 1110. The Morgan fingerprint density at radius 1 is 1.03 bits per heavy atom. The Hall–Kier alpha value is -2.70. The van der Waals surface area contributed by atoms with Gasteiger partial charge in [-0.25, -0.2) is 0 Å². The first kappa shape index (κ1) is 20.2. The maximum Gasteiger partial charge on any atom is 0.274 e. The number of anilines is 1. The van der Waals surface area contributed by atoms with E-state index in [1.54, 1.807) is 12.1 Å². The van der Waals surface area contributed by atoms with Crippen molar-refractivity contribution in [3.05, 3.63) is 86.5 Å². The van der Waals surface area contributed by atoms with E-state index in [1.807, 2.05) is 22.1 Å². The molecule has 0 spiro atoms. The summed E-state index contributed by atoms with van der Waals surface area (Å²) < 4.78 is 1.91. The third kappa shape index (κ3) is 4.36. The fourth-order valence-electron chi connectivity index (χ4n) is 5.07. The molecule has 1 aromatic carbocycles. The average molecular weight is 434 g/mol. The molecule has 0 unspecified atom stereocenters. The highest BCUT2D eigenvalue weighted by atomic mass is 32.1. The molecule has 2 atom stereocenters. The zero-order chi connectivity index (χ0) is 21.2. The Kier molecular flexibility index (Phi) is 5.74. The van der Waals surface area contributed by atoms with Crippen molar-refractivity contribution in [2.45, 2.75) is 31.7 Å². The summed E-state index contributed by atoms with van der Waals surface area (Å²) in [5, 5.41) is 4.67. The van der Waals surface area contributed by atoms with Gasteiger partial charge in [-0.3, -0.25) is 9.59 Å². The van der Waals surface area contributed by atoms with E-state index in [0.29, 0.717) is 22.4 Å². The molecule has 1 saturated heterocycles. The summed E-state index contributed by atoms with van der Waals surface area (Å²) in [5.74, 6) is 0.663. The van der Waals surface area contributed by atoms with Gasteiger partial charge in [0.05, 0.1) is 4.88 Å². The number of nitrogens with one attached hydrogen (secondary N) is 1. The third-order valence-corrected chi connectivity index (χ3v) is 7.32. The lowest BCUT2D eigenvalue weighted by atomic mass is 9.83. The van der Waals surface area contributed by atoms with Gasteiger partial charge in [-0.1, -0.05) is 36.4 Å². The van der Waals surface area contributed by atoms with Crippen molar-refractivity contribution in [1.82, 2.24) is 9.47 Å². The number of amides is 1. The predicted molar refractivity (Wildman–Crippen MR) is 125 cm³/mol. The number of hydrogen-bond donors (Lipinski definition) is 1. The molecule has 6 heteroatoms. The van der Waals surface area contributed by atoms with Gasteiger partial charge in [-0.2, -0.15) is 0 Å². The first-order chi connectivity index (χ1) is 15.2. The fraction of sp³-hybridized carbons (Fsp3) is 0.360. The fourth-order valence-corrected chi connectivity index (χ4v) is 5.68. The van der Waals surface area contributed by atoms with Crippen molar-refractivity contribution in [2.24, 2.45) is 5.92 Å². The zero-order valence-corrected chi connectivity index (χ0v) is 18.3. The van der Waals surface area contributed by atoms with Crippen LogP contribution in [0.4, 0.5) is 5.69 Å². The van der Waals surface area contributed by atoms with E-state index in [4.69, 9.17) is 0 Å². The molecule has 2 aromatic heterocycles. The summed E-state index contributed by atoms with van der Waals surface area (Å²) in [6.45, 7) is 3.89. The summed E-state index contributed by atoms with van der Waals surface area (Å²) in [5.41, 5.74) is 2.81. The first-order valence-corrected chi connectivity index (χ1v) is 11.9. The molecular formula is C25H27N3O2S. The van der Waals surface area contributed by atoms with Crippen LogP contribution in [0.25, 0.3) is 0 Å². The summed E-state index contributed by atoms with van der Waals surface area (Å²) in [6, 6.07) is 18.1. The number of nitrogens with zero attached hydrogens (tertiary/aromatic N) is 2. The Morgan fingerprint density at radius 2 is 1.90 bits per heavy atom. The minimum Gasteiger partial charge on any atom is -0.317 e. The lowest BCUT2D eigenvalue weighted by Crippen LogP contribution is -2.47. The number of rotatable bonds is 6. The highest BCUT2D eigenvalue weighted by Gasteiger charge is 2.34. The summed E-state index contributed by atoms with van der Waals surface area (Å²) in [4.78, 5) is 28.7. The Labute approximate surface area is 186 Å². The summed E-state index contributed by atoms with van der Waals surface area (Å²) >= 11 is 1.38. The Morgan fingerprint density at radius 3 is 2.71 bits per heavy atom. The molecule has 3 aromatic rings. The van der Waals surface area contributed by atoms with E-state index < -0.39 is 0 Å². The van der Waals surface area contributed by atoms with Crippen LogP contribution in [0.3, 0.4) is 0 Å². The topological polar surface area (TPSA) is 54.3 Å². The normalized spacial score (nSPS) is 20.3. The number of thiophene rings is 1. The van der Waals surface area contributed by atoms with Gasteiger partial charge in [0.25, 0.3) is 11.5 Å². The third-order valence-electron chi connectivity index (χ3n) is 6.46. The van der Waals surface area contributed by atoms with E-state index in [-0.39, 0.29) is 11.5 Å². The molecule has 2 bridgehead atoms. The van der Waals surface area contributed by atoms with Crippen molar-refractivity contribution < 1.29 is 4.79 Å². The number of likely N-dealkylation sites (tertiary alicyclic amines) is 1. The number of carbonyl (C=O) groups is 1. The number of benzene rings is 1. The molecule has 0 saturated carbocycles. The van der Waals surface area contributed by atoms with Gasteiger partial charge in [0.1, 0.15) is 5.69 Å². The summed E-state index contributed by atoms with van der Waals surface area (Å²) in [6.07, 6.45) is 3.41. The van der Waals surface area contributed by atoms with Crippen LogP contribution in [-0.2, 0) is 13.0 Å². The monoisotopic (exact) mass is 433 g/mol. The standard InChI is InChI=1S/C25H27N3O2S/c29-24(23-9-5-13-31-23)26-21-10-11-22-20-14-19(16-28(22)25(21)30)15-27(17-20)12-4-8-18-6-2-1-3-7-18/h1-3,5-7,9-11,13,19-20H,4,8,12,14-17H2,(H,26,29)/t19-,20-/m1/s1. The number of fused-ring (bicyclic) bond motifs is 4. The van der Waals surface area contributed by atoms with E-state index in [2.05, 4.69) is 40.5 Å². The van der Waals surface area contributed by atoms with Gasteiger partial charge in [0, 0.05) is 31.2 Å². The van der Waals surface area contributed by atoms with Crippen LogP contribution in [0.2, 0.25) is 0 Å². The van der Waals surface area contributed by atoms with E-state index in [0.717, 1.165) is 51.1 Å². The van der Waals surface area contributed by atoms with Gasteiger partial charge < -0.3 is 14.8 Å². The molecule has 2 aliphatic rings. The molecule has 160 valence electrons. The number of aryl methyl sites for hydroxylation is 1. The molecule has 31 heavy (non-hydrogen) atoms. The van der Waals surface area contributed by atoms with Crippen molar-refractivity contribution >= 4 is 22.9 Å². The molecule has 4 heterocycles. The lowest BCUT2D eigenvalue weighted by Gasteiger charge is -2.43. The van der Waals surface area contributed by atoms with Gasteiger partial charge in [-0.05, 0) is 60.9 Å². The highest BCUT2D eigenvalue weighted by molar-refractivity contribution is 7.12. The molecule has 0 radical (unpaired) electrons. The van der Waals surface area contributed by atoms with E-state index >= 15 is 0 Å². The Balaban J connectivity index is 1.26. The van der Waals surface area contributed by atoms with Crippen molar-refractivity contribution in [3.63, 3.8) is 0 Å². The summed E-state index contributed by atoms with van der Waals surface area (Å²) in [7, 11) is 0. The maximum absolute atomic E-state index is 13.1. The molecule has 5 nitrogen and oxygen atoms in total. The molecule has 2 aliphatic heterocycles. The van der Waals surface area contributed by atoms with Gasteiger partial charge in [0.15, 0.2) is 0 Å². The second kappa shape index (κ2) is 8.81. The van der Waals surface area contributed by atoms with Crippen LogP contribution >= 0.6 is 11.3 Å². The van der Waals surface area contributed by atoms with Crippen LogP contribution in [0, 0.1) is 5.92 Å².